The van der Waals surface area contributed by atoms with Gasteiger partial charge in [0.1, 0.15) is 5.82 Å². The molecule has 0 N–H and O–H groups in total. The minimum Gasteiger partial charge on any atom is -0.383 e. The molecule has 1 fully saturated rings. The highest BCUT2D eigenvalue weighted by Gasteiger charge is 2.17. The molecule has 0 bridgehead atoms. The molecule has 5 heteroatoms. The quantitative estimate of drug-likeness (QED) is 0.783. The Balaban J connectivity index is 1.91. The van der Waals surface area contributed by atoms with Gasteiger partial charge in [0.2, 0.25) is 0 Å². The van der Waals surface area contributed by atoms with Gasteiger partial charge in [0.15, 0.2) is 0 Å². The maximum Gasteiger partial charge on any atom is 0.129 e. The highest BCUT2D eigenvalue weighted by Crippen LogP contribution is 2.14. The molecule has 0 saturated carbocycles. The second-order valence-electron chi connectivity index (χ2n) is 4.34. The van der Waals surface area contributed by atoms with Crippen LogP contribution in [0.15, 0.2) is 18.3 Å². The van der Waals surface area contributed by atoms with Gasteiger partial charge in [0.25, 0.3) is 0 Å². The summed E-state index contributed by atoms with van der Waals surface area (Å²) in [6.07, 6.45) is 1.70. The fraction of sp³-hybridized carbons (Fsp3) is 0.538. The second kappa shape index (κ2) is 6.34. The summed E-state index contributed by atoms with van der Waals surface area (Å²) in [6.45, 7) is 5.69. The molecule has 96 valence electrons. The van der Waals surface area contributed by atoms with E-state index in [1.165, 1.54) is 0 Å². The predicted molar refractivity (Wildman–Crippen MR) is 69.5 cm³/mol. The SMILES string of the molecule is COCCN1CCN(c2cc(C#N)ccn2)CC1. The molecular formula is C13H18N4O. The lowest BCUT2D eigenvalue weighted by molar-refractivity contribution is 0.144. The number of hydrogen-bond acceptors (Lipinski definition) is 5. The van der Waals surface area contributed by atoms with Crippen LogP contribution in [0.2, 0.25) is 0 Å². The molecule has 0 unspecified atom stereocenters. The standard InChI is InChI=1S/C13H18N4O/c1-18-9-8-16-4-6-17(7-5-16)13-10-12(11-14)2-3-15-13/h2-3,10H,4-9H2,1H3. The minimum absolute atomic E-state index is 0.668. The lowest BCUT2D eigenvalue weighted by Gasteiger charge is -2.35. The van der Waals surface area contributed by atoms with Crippen molar-refractivity contribution in [1.29, 1.82) is 5.26 Å². The van der Waals surface area contributed by atoms with Crippen LogP contribution in [-0.4, -0.2) is 56.3 Å². The average molecular weight is 246 g/mol. The first kappa shape index (κ1) is 12.8. The third-order valence-corrected chi connectivity index (χ3v) is 3.18. The van der Waals surface area contributed by atoms with Gasteiger partial charge >= 0.3 is 0 Å². The van der Waals surface area contributed by atoms with Gasteiger partial charge < -0.3 is 9.64 Å². The topological polar surface area (TPSA) is 52.4 Å². The Hall–Kier alpha value is -1.64. The van der Waals surface area contributed by atoms with Crippen LogP contribution in [0, 0.1) is 11.3 Å². The molecule has 1 aromatic rings. The van der Waals surface area contributed by atoms with Gasteiger partial charge in [-0.3, -0.25) is 4.90 Å². The molecule has 1 aliphatic heterocycles. The first-order valence-electron chi connectivity index (χ1n) is 6.16. The van der Waals surface area contributed by atoms with Crippen LogP contribution in [0.4, 0.5) is 5.82 Å². The Kier molecular flexibility index (Phi) is 4.51. The number of pyridine rings is 1. The van der Waals surface area contributed by atoms with Crippen LogP contribution < -0.4 is 4.90 Å². The molecule has 1 saturated heterocycles. The number of aromatic nitrogens is 1. The first-order chi connectivity index (χ1) is 8.83. The summed E-state index contributed by atoms with van der Waals surface area (Å²) in [5, 5.41) is 8.88. The normalized spacial score (nSPS) is 16.6. The zero-order chi connectivity index (χ0) is 12.8. The van der Waals surface area contributed by atoms with E-state index in [0.717, 1.165) is 45.1 Å². The van der Waals surface area contributed by atoms with E-state index in [1.54, 1.807) is 19.4 Å². The number of ether oxygens (including phenoxy) is 1. The van der Waals surface area contributed by atoms with Crippen molar-refractivity contribution in [2.45, 2.75) is 0 Å². The summed E-state index contributed by atoms with van der Waals surface area (Å²) < 4.78 is 5.08. The number of methoxy groups -OCH3 is 1. The fourth-order valence-corrected chi connectivity index (χ4v) is 2.08. The smallest absolute Gasteiger partial charge is 0.129 e. The third-order valence-electron chi connectivity index (χ3n) is 3.18. The van der Waals surface area contributed by atoms with Gasteiger partial charge in [-0.05, 0) is 12.1 Å². The molecule has 0 atom stereocenters. The maximum absolute atomic E-state index is 8.88. The van der Waals surface area contributed by atoms with E-state index < -0.39 is 0 Å². The summed E-state index contributed by atoms with van der Waals surface area (Å²) in [4.78, 5) is 8.94. The Morgan fingerprint density at radius 3 is 2.83 bits per heavy atom. The van der Waals surface area contributed by atoms with E-state index in [1.807, 2.05) is 6.07 Å². The summed E-state index contributed by atoms with van der Waals surface area (Å²) in [6, 6.07) is 5.74. The predicted octanol–water partition coefficient (Wildman–Crippen LogP) is 0.722. The number of nitrogens with zero attached hydrogens (tertiary/aromatic N) is 4. The van der Waals surface area contributed by atoms with Crippen molar-refractivity contribution in [2.75, 3.05) is 51.3 Å². The molecule has 0 radical (unpaired) electrons. The van der Waals surface area contributed by atoms with E-state index in [-0.39, 0.29) is 0 Å². The fourth-order valence-electron chi connectivity index (χ4n) is 2.08. The summed E-state index contributed by atoms with van der Waals surface area (Å²) >= 11 is 0. The maximum atomic E-state index is 8.88. The van der Waals surface area contributed by atoms with Crippen LogP contribution in [0.3, 0.4) is 0 Å². The molecule has 0 aromatic carbocycles. The summed E-state index contributed by atoms with van der Waals surface area (Å²) in [7, 11) is 1.73. The van der Waals surface area contributed by atoms with Crippen molar-refractivity contribution in [2.24, 2.45) is 0 Å². The van der Waals surface area contributed by atoms with Crippen LogP contribution in [0.25, 0.3) is 0 Å². The molecular weight excluding hydrogens is 228 g/mol. The molecule has 2 heterocycles. The van der Waals surface area contributed by atoms with Crippen molar-refractivity contribution >= 4 is 5.82 Å². The molecule has 0 amide bonds. The van der Waals surface area contributed by atoms with E-state index in [4.69, 9.17) is 10.00 Å². The van der Waals surface area contributed by atoms with Crippen LogP contribution in [0.5, 0.6) is 0 Å². The van der Waals surface area contributed by atoms with Crippen molar-refractivity contribution in [3.8, 4) is 6.07 Å². The minimum atomic E-state index is 0.668. The largest absolute Gasteiger partial charge is 0.383 e. The Morgan fingerprint density at radius 1 is 1.39 bits per heavy atom. The molecule has 0 spiro atoms. The zero-order valence-corrected chi connectivity index (χ0v) is 10.7. The van der Waals surface area contributed by atoms with Crippen molar-refractivity contribution < 1.29 is 4.74 Å². The van der Waals surface area contributed by atoms with E-state index >= 15 is 0 Å². The zero-order valence-electron chi connectivity index (χ0n) is 10.7. The van der Waals surface area contributed by atoms with Gasteiger partial charge in [0.05, 0.1) is 18.2 Å². The second-order valence-corrected chi connectivity index (χ2v) is 4.34. The monoisotopic (exact) mass is 246 g/mol. The van der Waals surface area contributed by atoms with Crippen molar-refractivity contribution in [3.63, 3.8) is 0 Å². The summed E-state index contributed by atoms with van der Waals surface area (Å²) in [5.74, 6) is 0.903. The Morgan fingerprint density at radius 2 is 2.17 bits per heavy atom. The van der Waals surface area contributed by atoms with Gasteiger partial charge in [0, 0.05) is 46.0 Å². The molecule has 2 rings (SSSR count). The number of hydrogen-bond donors (Lipinski definition) is 0. The molecule has 5 nitrogen and oxygen atoms in total. The average Bonchev–Trinajstić information content (AvgIpc) is 2.46. The highest BCUT2D eigenvalue weighted by molar-refractivity contribution is 5.45. The van der Waals surface area contributed by atoms with Crippen LogP contribution in [-0.2, 0) is 4.74 Å². The number of anilines is 1. The lowest BCUT2D eigenvalue weighted by atomic mass is 10.2. The number of piperazine rings is 1. The van der Waals surface area contributed by atoms with Crippen LogP contribution in [0.1, 0.15) is 5.56 Å². The third kappa shape index (κ3) is 3.19. The summed E-state index contributed by atoms with van der Waals surface area (Å²) in [5.41, 5.74) is 0.668. The van der Waals surface area contributed by atoms with Crippen molar-refractivity contribution in [3.05, 3.63) is 23.9 Å². The number of nitriles is 1. The molecule has 0 aliphatic carbocycles. The molecule has 1 aliphatic rings. The van der Waals surface area contributed by atoms with Crippen LogP contribution >= 0.6 is 0 Å². The van der Waals surface area contributed by atoms with E-state index in [9.17, 15) is 0 Å². The van der Waals surface area contributed by atoms with Crippen molar-refractivity contribution in [1.82, 2.24) is 9.88 Å². The lowest BCUT2D eigenvalue weighted by Crippen LogP contribution is -2.47. The Labute approximate surface area is 108 Å². The van der Waals surface area contributed by atoms with E-state index in [2.05, 4.69) is 20.9 Å². The first-order valence-corrected chi connectivity index (χ1v) is 6.16. The van der Waals surface area contributed by atoms with Gasteiger partial charge in [-0.2, -0.15) is 5.26 Å². The molecule has 1 aromatic heterocycles. The van der Waals surface area contributed by atoms with E-state index in [0.29, 0.717) is 5.56 Å². The molecule has 18 heavy (non-hydrogen) atoms. The van der Waals surface area contributed by atoms with Gasteiger partial charge in [-0.25, -0.2) is 4.98 Å². The Bertz CT molecular complexity index is 421. The van der Waals surface area contributed by atoms with Gasteiger partial charge in [-0.1, -0.05) is 0 Å². The number of rotatable bonds is 4. The highest BCUT2D eigenvalue weighted by atomic mass is 16.5. The van der Waals surface area contributed by atoms with Gasteiger partial charge in [-0.15, -0.1) is 0 Å².